The molecule has 1 aromatic heterocycles. The highest BCUT2D eigenvalue weighted by Crippen LogP contribution is 2.21. The van der Waals surface area contributed by atoms with Crippen LogP contribution in [0, 0.1) is 0 Å². The maximum absolute atomic E-state index is 12.4. The third-order valence-corrected chi connectivity index (χ3v) is 4.69. The van der Waals surface area contributed by atoms with Gasteiger partial charge in [0.1, 0.15) is 0 Å². The SMILES string of the molecule is CC(=O)Nc1ccc(S(=O)(=O)Nc2ccc3cc[nH]c3c2)cc1. The molecule has 23 heavy (non-hydrogen) atoms. The molecule has 2 aromatic carbocycles. The molecule has 0 bridgehead atoms. The van der Waals surface area contributed by atoms with Gasteiger partial charge in [-0.05, 0) is 47.9 Å². The first-order valence-electron chi connectivity index (χ1n) is 6.92. The van der Waals surface area contributed by atoms with Gasteiger partial charge in [0.25, 0.3) is 10.0 Å². The molecule has 0 atom stereocenters. The summed E-state index contributed by atoms with van der Waals surface area (Å²) in [6.45, 7) is 1.39. The monoisotopic (exact) mass is 329 g/mol. The fourth-order valence-corrected chi connectivity index (χ4v) is 3.30. The van der Waals surface area contributed by atoms with Crippen LogP contribution in [0.1, 0.15) is 6.92 Å². The molecular weight excluding hydrogens is 314 g/mol. The maximum atomic E-state index is 12.4. The molecule has 7 heteroatoms. The molecule has 0 aliphatic rings. The quantitative estimate of drug-likeness (QED) is 0.687. The third-order valence-electron chi connectivity index (χ3n) is 3.29. The molecule has 0 spiro atoms. The van der Waals surface area contributed by atoms with Gasteiger partial charge in [-0.25, -0.2) is 8.42 Å². The number of hydrogen-bond acceptors (Lipinski definition) is 3. The van der Waals surface area contributed by atoms with Gasteiger partial charge in [0.2, 0.25) is 5.91 Å². The zero-order chi connectivity index (χ0) is 16.4. The van der Waals surface area contributed by atoms with Crippen LogP contribution in [-0.2, 0) is 14.8 Å². The van der Waals surface area contributed by atoms with E-state index in [0.717, 1.165) is 10.9 Å². The predicted octanol–water partition coefficient (Wildman–Crippen LogP) is 2.93. The third kappa shape index (κ3) is 3.35. The lowest BCUT2D eigenvalue weighted by Crippen LogP contribution is -2.13. The minimum Gasteiger partial charge on any atom is -0.361 e. The summed E-state index contributed by atoms with van der Waals surface area (Å²) in [4.78, 5) is 14.1. The number of carbonyl (C=O) groups is 1. The molecular formula is C16H15N3O3S. The lowest BCUT2D eigenvalue weighted by Gasteiger charge is -2.09. The van der Waals surface area contributed by atoms with Crippen LogP contribution in [0.5, 0.6) is 0 Å². The van der Waals surface area contributed by atoms with Crippen LogP contribution < -0.4 is 10.0 Å². The molecule has 3 rings (SSSR count). The molecule has 0 radical (unpaired) electrons. The molecule has 1 heterocycles. The Morgan fingerprint density at radius 1 is 1.00 bits per heavy atom. The summed E-state index contributed by atoms with van der Waals surface area (Å²) in [5, 5.41) is 3.60. The van der Waals surface area contributed by atoms with Crippen LogP contribution in [0.3, 0.4) is 0 Å². The second-order valence-electron chi connectivity index (χ2n) is 5.09. The van der Waals surface area contributed by atoms with E-state index in [-0.39, 0.29) is 10.8 Å². The summed E-state index contributed by atoms with van der Waals surface area (Å²) in [5.41, 5.74) is 1.88. The average molecular weight is 329 g/mol. The van der Waals surface area contributed by atoms with E-state index < -0.39 is 10.0 Å². The number of fused-ring (bicyclic) bond motifs is 1. The zero-order valence-corrected chi connectivity index (χ0v) is 13.1. The topological polar surface area (TPSA) is 91.1 Å². The Morgan fingerprint density at radius 3 is 2.39 bits per heavy atom. The van der Waals surface area contributed by atoms with E-state index in [4.69, 9.17) is 0 Å². The summed E-state index contributed by atoms with van der Waals surface area (Å²) in [7, 11) is -3.69. The van der Waals surface area contributed by atoms with E-state index in [1.54, 1.807) is 30.5 Å². The number of aromatic nitrogens is 1. The van der Waals surface area contributed by atoms with Gasteiger partial charge in [-0.2, -0.15) is 0 Å². The van der Waals surface area contributed by atoms with Crippen molar-refractivity contribution in [2.75, 3.05) is 10.0 Å². The number of H-pyrrole nitrogens is 1. The fourth-order valence-electron chi connectivity index (χ4n) is 2.25. The van der Waals surface area contributed by atoms with Gasteiger partial charge in [-0.1, -0.05) is 6.07 Å². The maximum Gasteiger partial charge on any atom is 0.261 e. The molecule has 0 unspecified atom stereocenters. The van der Waals surface area contributed by atoms with Crippen molar-refractivity contribution in [3.63, 3.8) is 0 Å². The number of rotatable bonds is 4. The second kappa shape index (κ2) is 5.77. The Bertz CT molecular complexity index is 960. The Kier molecular flexibility index (Phi) is 3.79. The van der Waals surface area contributed by atoms with Gasteiger partial charge in [0.05, 0.1) is 10.6 Å². The molecule has 3 aromatic rings. The number of sulfonamides is 1. The molecule has 0 aliphatic carbocycles. The summed E-state index contributed by atoms with van der Waals surface area (Å²) in [5.74, 6) is -0.210. The molecule has 0 saturated heterocycles. The Balaban J connectivity index is 1.84. The van der Waals surface area contributed by atoms with Crippen LogP contribution in [0.25, 0.3) is 10.9 Å². The van der Waals surface area contributed by atoms with Crippen LogP contribution in [0.15, 0.2) is 59.6 Å². The van der Waals surface area contributed by atoms with Gasteiger partial charge < -0.3 is 10.3 Å². The van der Waals surface area contributed by atoms with Gasteiger partial charge in [-0.3, -0.25) is 9.52 Å². The highest BCUT2D eigenvalue weighted by molar-refractivity contribution is 7.92. The van der Waals surface area contributed by atoms with Crippen LogP contribution in [0.4, 0.5) is 11.4 Å². The normalized spacial score (nSPS) is 11.3. The van der Waals surface area contributed by atoms with E-state index in [1.165, 1.54) is 19.1 Å². The van der Waals surface area contributed by atoms with E-state index in [9.17, 15) is 13.2 Å². The number of anilines is 2. The molecule has 0 saturated carbocycles. The predicted molar refractivity (Wildman–Crippen MR) is 89.9 cm³/mol. The fraction of sp³-hybridized carbons (Fsp3) is 0.0625. The highest BCUT2D eigenvalue weighted by atomic mass is 32.2. The first-order chi connectivity index (χ1) is 10.9. The van der Waals surface area contributed by atoms with E-state index >= 15 is 0 Å². The van der Waals surface area contributed by atoms with E-state index in [1.807, 2.05) is 12.1 Å². The molecule has 3 N–H and O–H groups in total. The average Bonchev–Trinajstić information content (AvgIpc) is 2.94. The summed E-state index contributed by atoms with van der Waals surface area (Å²) >= 11 is 0. The zero-order valence-electron chi connectivity index (χ0n) is 12.3. The number of nitrogens with one attached hydrogen (secondary N) is 3. The lowest BCUT2D eigenvalue weighted by atomic mass is 10.2. The van der Waals surface area contributed by atoms with Gasteiger partial charge in [0.15, 0.2) is 0 Å². The summed E-state index contributed by atoms with van der Waals surface area (Å²) < 4.78 is 27.3. The van der Waals surface area contributed by atoms with Crippen molar-refractivity contribution >= 4 is 38.2 Å². The Hall–Kier alpha value is -2.80. The van der Waals surface area contributed by atoms with Crippen LogP contribution in [0.2, 0.25) is 0 Å². The first kappa shape index (κ1) is 15.1. The minimum atomic E-state index is -3.69. The van der Waals surface area contributed by atoms with Crippen molar-refractivity contribution in [2.24, 2.45) is 0 Å². The van der Waals surface area contributed by atoms with E-state index in [0.29, 0.717) is 11.4 Å². The number of benzene rings is 2. The first-order valence-corrected chi connectivity index (χ1v) is 8.40. The molecule has 0 fully saturated rings. The van der Waals surface area contributed by atoms with Crippen molar-refractivity contribution < 1.29 is 13.2 Å². The van der Waals surface area contributed by atoms with Gasteiger partial charge >= 0.3 is 0 Å². The second-order valence-corrected chi connectivity index (χ2v) is 6.77. The number of amides is 1. The van der Waals surface area contributed by atoms with Gasteiger partial charge in [-0.15, -0.1) is 0 Å². The summed E-state index contributed by atoms with van der Waals surface area (Å²) in [6.07, 6.45) is 1.80. The van der Waals surface area contributed by atoms with Crippen molar-refractivity contribution in [3.8, 4) is 0 Å². The molecule has 6 nitrogen and oxygen atoms in total. The molecule has 1 amide bonds. The number of aromatic amines is 1. The molecule has 0 aliphatic heterocycles. The number of carbonyl (C=O) groups excluding carboxylic acids is 1. The standard InChI is InChI=1S/C16H15N3O3S/c1-11(20)18-13-4-6-15(7-5-13)23(21,22)19-14-3-2-12-8-9-17-16(12)10-14/h2-10,17,19H,1H3,(H,18,20). The van der Waals surface area contributed by atoms with Crippen molar-refractivity contribution in [1.29, 1.82) is 0 Å². The number of hydrogen-bond donors (Lipinski definition) is 3. The van der Waals surface area contributed by atoms with Crippen LogP contribution >= 0.6 is 0 Å². The Labute approximate surface area is 133 Å². The summed E-state index contributed by atoms with van der Waals surface area (Å²) in [6, 6.07) is 13.2. The molecule has 118 valence electrons. The Morgan fingerprint density at radius 2 is 1.70 bits per heavy atom. The highest BCUT2D eigenvalue weighted by Gasteiger charge is 2.14. The largest absolute Gasteiger partial charge is 0.361 e. The van der Waals surface area contributed by atoms with Gasteiger partial charge in [0, 0.05) is 24.3 Å². The van der Waals surface area contributed by atoms with E-state index in [2.05, 4.69) is 15.0 Å². The van der Waals surface area contributed by atoms with Crippen molar-refractivity contribution in [2.45, 2.75) is 11.8 Å². The minimum absolute atomic E-state index is 0.123. The van der Waals surface area contributed by atoms with Crippen molar-refractivity contribution in [1.82, 2.24) is 4.98 Å². The van der Waals surface area contributed by atoms with Crippen LogP contribution in [-0.4, -0.2) is 19.3 Å². The van der Waals surface area contributed by atoms with Crippen molar-refractivity contribution in [3.05, 3.63) is 54.7 Å². The smallest absolute Gasteiger partial charge is 0.261 e. The lowest BCUT2D eigenvalue weighted by molar-refractivity contribution is -0.114.